The third kappa shape index (κ3) is 2.16. The Morgan fingerprint density at radius 3 is 2.75 bits per heavy atom. The Bertz CT molecular complexity index is 714. The molecule has 5 nitrogen and oxygen atoms in total. The highest BCUT2D eigenvalue weighted by Crippen LogP contribution is 2.26. The smallest absolute Gasteiger partial charge is 0.0938 e. The number of para-hydroxylation sites is 1. The van der Waals surface area contributed by atoms with E-state index in [2.05, 4.69) is 33.4 Å². The second-order valence-electron chi connectivity index (χ2n) is 4.64. The first kappa shape index (κ1) is 12.7. The van der Waals surface area contributed by atoms with E-state index in [1.54, 1.807) is 12.4 Å². The maximum atomic E-state index is 4.49. The molecule has 0 aliphatic rings. The van der Waals surface area contributed by atoms with Crippen LogP contribution in [-0.2, 0) is 7.05 Å². The molecular formula is C15H17N5. The summed E-state index contributed by atoms with van der Waals surface area (Å²) >= 11 is 0. The molecule has 2 aromatic heterocycles. The lowest BCUT2D eigenvalue weighted by Crippen LogP contribution is -2.24. The van der Waals surface area contributed by atoms with Crippen molar-refractivity contribution < 1.29 is 0 Å². The lowest BCUT2D eigenvalue weighted by molar-refractivity contribution is 0.575. The molecule has 0 saturated carbocycles. The van der Waals surface area contributed by atoms with E-state index in [9.17, 15) is 0 Å². The van der Waals surface area contributed by atoms with Crippen molar-refractivity contribution in [2.75, 3.05) is 6.54 Å². The van der Waals surface area contributed by atoms with Gasteiger partial charge in [-0.25, -0.2) is 0 Å². The van der Waals surface area contributed by atoms with Crippen LogP contribution in [0, 0.1) is 0 Å². The second kappa shape index (κ2) is 5.38. The van der Waals surface area contributed by atoms with E-state index in [0.717, 1.165) is 28.8 Å². The molecule has 0 spiro atoms. The summed E-state index contributed by atoms with van der Waals surface area (Å²) in [6.45, 7) is 2.96. The number of nitrogens with one attached hydrogen (secondary N) is 1. The van der Waals surface area contributed by atoms with Crippen molar-refractivity contribution in [1.29, 1.82) is 0 Å². The van der Waals surface area contributed by atoms with E-state index in [1.807, 2.05) is 36.1 Å². The van der Waals surface area contributed by atoms with Gasteiger partial charge in [0.1, 0.15) is 0 Å². The Morgan fingerprint density at radius 1 is 1.15 bits per heavy atom. The minimum absolute atomic E-state index is 0.0629. The summed E-state index contributed by atoms with van der Waals surface area (Å²) in [7, 11) is 1.95. The van der Waals surface area contributed by atoms with E-state index in [1.165, 1.54) is 0 Å². The molecule has 1 atom stereocenters. The quantitative estimate of drug-likeness (QED) is 0.786. The third-order valence-electron chi connectivity index (χ3n) is 3.40. The predicted molar refractivity (Wildman–Crippen MR) is 78.3 cm³/mol. The molecule has 0 aliphatic carbocycles. The highest BCUT2D eigenvalue weighted by atomic mass is 15.3. The third-order valence-corrected chi connectivity index (χ3v) is 3.40. The van der Waals surface area contributed by atoms with Crippen LogP contribution >= 0.6 is 0 Å². The van der Waals surface area contributed by atoms with Crippen LogP contribution in [0.15, 0.2) is 42.9 Å². The first-order chi connectivity index (χ1) is 9.81. The molecule has 0 fully saturated rings. The monoisotopic (exact) mass is 267 g/mol. The Kier molecular flexibility index (Phi) is 3.43. The Labute approximate surface area is 117 Å². The highest BCUT2D eigenvalue weighted by Gasteiger charge is 2.19. The van der Waals surface area contributed by atoms with Gasteiger partial charge in [-0.1, -0.05) is 19.1 Å². The van der Waals surface area contributed by atoms with Crippen LogP contribution in [-0.4, -0.2) is 26.3 Å². The van der Waals surface area contributed by atoms with Crippen LogP contribution in [0.2, 0.25) is 0 Å². The molecule has 0 saturated heterocycles. The number of aromatic nitrogens is 4. The van der Waals surface area contributed by atoms with Crippen LogP contribution in [0.1, 0.15) is 24.2 Å². The molecule has 5 heteroatoms. The standard InChI is InChI=1S/C15H17N5/c1-3-16-15(13-7-8-19-20(13)2)11-5-4-6-12-14(11)18-10-9-17-12/h4-10,15-16H,3H2,1-2H3. The maximum Gasteiger partial charge on any atom is 0.0938 e. The summed E-state index contributed by atoms with van der Waals surface area (Å²) in [5, 5.41) is 7.77. The second-order valence-corrected chi connectivity index (χ2v) is 4.64. The molecule has 1 N–H and O–H groups in total. The van der Waals surface area contributed by atoms with E-state index >= 15 is 0 Å². The molecule has 0 amide bonds. The average molecular weight is 267 g/mol. The summed E-state index contributed by atoms with van der Waals surface area (Å²) < 4.78 is 1.89. The molecular weight excluding hydrogens is 250 g/mol. The van der Waals surface area contributed by atoms with E-state index in [0.29, 0.717) is 0 Å². The minimum atomic E-state index is 0.0629. The van der Waals surface area contributed by atoms with Gasteiger partial charge >= 0.3 is 0 Å². The van der Waals surface area contributed by atoms with E-state index < -0.39 is 0 Å². The number of benzene rings is 1. The van der Waals surface area contributed by atoms with Gasteiger partial charge in [0.25, 0.3) is 0 Å². The number of nitrogens with zero attached hydrogens (tertiary/aromatic N) is 4. The SMILES string of the molecule is CCNC(c1cccc2nccnc12)c1ccnn1C. The fourth-order valence-electron chi connectivity index (χ4n) is 2.49. The first-order valence-electron chi connectivity index (χ1n) is 6.72. The molecule has 1 aromatic carbocycles. The van der Waals surface area contributed by atoms with Crippen LogP contribution in [0.4, 0.5) is 0 Å². The van der Waals surface area contributed by atoms with Crippen molar-refractivity contribution in [1.82, 2.24) is 25.1 Å². The first-order valence-corrected chi connectivity index (χ1v) is 6.72. The van der Waals surface area contributed by atoms with Crippen molar-refractivity contribution in [3.8, 4) is 0 Å². The van der Waals surface area contributed by atoms with Crippen molar-refractivity contribution in [2.45, 2.75) is 13.0 Å². The molecule has 0 radical (unpaired) electrons. The van der Waals surface area contributed by atoms with Crippen molar-refractivity contribution in [3.05, 3.63) is 54.1 Å². The summed E-state index contributed by atoms with van der Waals surface area (Å²) in [5.74, 6) is 0. The van der Waals surface area contributed by atoms with Gasteiger partial charge in [0.05, 0.1) is 22.8 Å². The van der Waals surface area contributed by atoms with Gasteiger partial charge in [0.2, 0.25) is 0 Å². The van der Waals surface area contributed by atoms with Crippen molar-refractivity contribution in [3.63, 3.8) is 0 Å². The van der Waals surface area contributed by atoms with Gasteiger partial charge in [-0.15, -0.1) is 0 Å². The normalized spacial score (nSPS) is 12.7. The zero-order valence-corrected chi connectivity index (χ0v) is 11.6. The summed E-state index contributed by atoms with van der Waals surface area (Å²) in [6.07, 6.45) is 5.27. The fraction of sp³-hybridized carbons (Fsp3) is 0.267. The highest BCUT2D eigenvalue weighted by molar-refractivity contribution is 5.78. The maximum absolute atomic E-state index is 4.49. The van der Waals surface area contributed by atoms with Crippen molar-refractivity contribution >= 4 is 11.0 Å². The van der Waals surface area contributed by atoms with Gasteiger partial charge in [-0.05, 0) is 18.7 Å². The Hall–Kier alpha value is -2.27. The number of aryl methyl sites for hydroxylation is 1. The van der Waals surface area contributed by atoms with Gasteiger partial charge < -0.3 is 5.32 Å². The zero-order chi connectivity index (χ0) is 13.9. The van der Waals surface area contributed by atoms with Crippen LogP contribution in [0.25, 0.3) is 11.0 Å². The van der Waals surface area contributed by atoms with Gasteiger partial charge in [-0.3, -0.25) is 14.6 Å². The van der Waals surface area contributed by atoms with Crippen LogP contribution in [0.3, 0.4) is 0 Å². The molecule has 0 aliphatic heterocycles. The lowest BCUT2D eigenvalue weighted by atomic mass is 10.0. The number of rotatable bonds is 4. The summed E-state index contributed by atoms with van der Waals surface area (Å²) in [6, 6.07) is 8.19. The fourth-order valence-corrected chi connectivity index (χ4v) is 2.49. The molecule has 2 heterocycles. The van der Waals surface area contributed by atoms with Gasteiger partial charge in [0, 0.05) is 31.2 Å². The lowest BCUT2D eigenvalue weighted by Gasteiger charge is -2.19. The minimum Gasteiger partial charge on any atom is -0.305 e. The van der Waals surface area contributed by atoms with Crippen LogP contribution < -0.4 is 5.32 Å². The zero-order valence-electron chi connectivity index (χ0n) is 11.6. The summed E-state index contributed by atoms with van der Waals surface area (Å²) in [4.78, 5) is 8.87. The van der Waals surface area contributed by atoms with E-state index in [-0.39, 0.29) is 6.04 Å². The molecule has 3 aromatic rings. The Balaban J connectivity index is 2.17. The molecule has 3 rings (SSSR count). The predicted octanol–water partition coefficient (Wildman–Crippen LogP) is 2.06. The van der Waals surface area contributed by atoms with Crippen molar-refractivity contribution in [2.24, 2.45) is 7.05 Å². The molecule has 102 valence electrons. The number of hydrogen-bond acceptors (Lipinski definition) is 4. The topological polar surface area (TPSA) is 55.6 Å². The van der Waals surface area contributed by atoms with Gasteiger partial charge in [0.15, 0.2) is 0 Å². The van der Waals surface area contributed by atoms with Crippen LogP contribution in [0.5, 0.6) is 0 Å². The Morgan fingerprint density at radius 2 is 2.00 bits per heavy atom. The largest absolute Gasteiger partial charge is 0.305 e. The van der Waals surface area contributed by atoms with E-state index in [4.69, 9.17) is 0 Å². The summed E-state index contributed by atoms with van der Waals surface area (Å²) in [5.41, 5.74) is 4.09. The molecule has 0 bridgehead atoms. The molecule has 1 unspecified atom stereocenters. The molecule has 20 heavy (non-hydrogen) atoms. The number of hydrogen-bond donors (Lipinski definition) is 1. The number of fused-ring (bicyclic) bond motifs is 1. The van der Waals surface area contributed by atoms with Gasteiger partial charge in [-0.2, -0.15) is 5.10 Å². The average Bonchev–Trinajstić information content (AvgIpc) is 2.90.